The minimum atomic E-state index is -3.69. The number of nitrogens with zero attached hydrogens (tertiary/aromatic N) is 1. The monoisotopic (exact) mass is 503 g/mol. The zero-order chi connectivity index (χ0) is 20.0. The molecule has 0 fully saturated rings. The van der Waals surface area contributed by atoms with Gasteiger partial charge in [-0.2, -0.15) is 0 Å². The Labute approximate surface area is 180 Å². The SMILES string of the molecule is Cc1ccc(S(=O)(=O)N(Cc2ccccc2)/C(=C/I)Cc2ccccc2)cc1. The van der Waals surface area contributed by atoms with Gasteiger partial charge in [-0.3, -0.25) is 4.31 Å². The van der Waals surface area contributed by atoms with Crippen LogP contribution in [0.25, 0.3) is 0 Å². The summed E-state index contributed by atoms with van der Waals surface area (Å²) in [5.41, 5.74) is 3.79. The van der Waals surface area contributed by atoms with E-state index >= 15 is 0 Å². The Hall–Kier alpha value is -2.12. The summed E-state index contributed by atoms with van der Waals surface area (Å²) in [6.07, 6.45) is 0.543. The summed E-state index contributed by atoms with van der Waals surface area (Å²) in [4.78, 5) is 0.304. The van der Waals surface area contributed by atoms with E-state index in [4.69, 9.17) is 0 Å². The number of rotatable bonds is 7. The third kappa shape index (κ3) is 5.02. The predicted molar refractivity (Wildman–Crippen MR) is 123 cm³/mol. The second-order valence-corrected chi connectivity index (χ2v) is 9.06. The standard InChI is InChI=1S/C23H22INO2S/c1-19-12-14-23(15-13-19)28(26,27)25(18-21-10-6-3-7-11-21)22(17-24)16-20-8-4-2-5-9-20/h2-15,17H,16,18H2,1H3/b22-17+. The molecule has 0 unspecified atom stereocenters. The molecule has 3 nitrogen and oxygen atoms in total. The van der Waals surface area contributed by atoms with Crippen molar-refractivity contribution < 1.29 is 8.42 Å². The van der Waals surface area contributed by atoms with Crippen LogP contribution in [0, 0.1) is 6.92 Å². The van der Waals surface area contributed by atoms with Gasteiger partial charge in [0.15, 0.2) is 0 Å². The summed E-state index contributed by atoms with van der Waals surface area (Å²) >= 11 is 2.13. The molecule has 3 aromatic carbocycles. The molecule has 0 aromatic heterocycles. The van der Waals surface area contributed by atoms with Gasteiger partial charge in [-0.25, -0.2) is 8.42 Å². The van der Waals surface area contributed by atoms with Crippen LogP contribution in [-0.2, 0) is 23.0 Å². The molecule has 0 bridgehead atoms. The van der Waals surface area contributed by atoms with Crippen LogP contribution in [0.2, 0.25) is 0 Å². The molecular formula is C23H22INO2S. The van der Waals surface area contributed by atoms with E-state index in [-0.39, 0.29) is 0 Å². The predicted octanol–water partition coefficient (Wildman–Crippen LogP) is 5.71. The topological polar surface area (TPSA) is 37.4 Å². The molecule has 5 heteroatoms. The third-order valence-electron chi connectivity index (χ3n) is 4.45. The van der Waals surface area contributed by atoms with E-state index in [0.29, 0.717) is 17.9 Å². The van der Waals surface area contributed by atoms with E-state index in [1.165, 1.54) is 4.31 Å². The van der Waals surface area contributed by atoms with Crippen LogP contribution in [0.1, 0.15) is 16.7 Å². The Morgan fingerprint density at radius 2 is 1.39 bits per heavy atom. The number of halogens is 1. The van der Waals surface area contributed by atoms with Crippen LogP contribution >= 0.6 is 22.6 Å². The van der Waals surface area contributed by atoms with E-state index in [1.54, 1.807) is 12.1 Å². The average molecular weight is 503 g/mol. The fourth-order valence-corrected chi connectivity index (χ4v) is 5.14. The highest BCUT2D eigenvalue weighted by atomic mass is 127. The fraction of sp³-hybridized carbons (Fsp3) is 0.130. The van der Waals surface area contributed by atoms with E-state index in [0.717, 1.165) is 22.4 Å². The van der Waals surface area contributed by atoms with Gasteiger partial charge in [-0.15, -0.1) is 0 Å². The lowest BCUT2D eigenvalue weighted by Crippen LogP contribution is -2.31. The van der Waals surface area contributed by atoms with Gasteiger partial charge in [-0.05, 0) is 34.3 Å². The van der Waals surface area contributed by atoms with Crippen molar-refractivity contribution >= 4 is 32.6 Å². The molecule has 0 saturated heterocycles. The highest BCUT2D eigenvalue weighted by Gasteiger charge is 2.26. The van der Waals surface area contributed by atoms with Crippen LogP contribution < -0.4 is 0 Å². The second kappa shape index (κ2) is 9.39. The molecule has 0 N–H and O–H groups in total. The maximum atomic E-state index is 13.5. The van der Waals surface area contributed by atoms with Crippen LogP contribution in [0.4, 0.5) is 0 Å². The molecule has 28 heavy (non-hydrogen) atoms. The Kier molecular flexibility index (Phi) is 6.91. The summed E-state index contributed by atoms with van der Waals surface area (Å²) < 4.78 is 30.4. The van der Waals surface area contributed by atoms with Gasteiger partial charge >= 0.3 is 0 Å². The van der Waals surface area contributed by atoms with Gasteiger partial charge in [0, 0.05) is 12.1 Å². The first kappa shape index (κ1) is 20.6. The lowest BCUT2D eigenvalue weighted by molar-refractivity contribution is 0.465. The Balaban J connectivity index is 2.02. The van der Waals surface area contributed by atoms with Gasteiger partial charge in [-0.1, -0.05) is 101 Å². The quantitative estimate of drug-likeness (QED) is 0.388. The van der Waals surface area contributed by atoms with E-state index < -0.39 is 10.0 Å². The molecule has 0 aliphatic carbocycles. The van der Waals surface area contributed by atoms with Crippen molar-refractivity contribution in [3.05, 3.63) is 111 Å². The van der Waals surface area contributed by atoms with Crippen molar-refractivity contribution in [2.75, 3.05) is 0 Å². The van der Waals surface area contributed by atoms with Crippen molar-refractivity contribution in [2.24, 2.45) is 0 Å². The Bertz CT molecular complexity index is 1030. The van der Waals surface area contributed by atoms with Gasteiger partial charge in [0.1, 0.15) is 0 Å². The second-order valence-electron chi connectivity index (χ2n) is 6.57. The molecule has 0 aliphatic heterocycles. The lowest BCUT2D eigenvalue weighted by Gasteiger charge is -2.27. The first-order valence-electron chi connectivity index (χ1n) is 8.97. The number of aryl methyl sites for hydroxylation is 1. The minimum absolute atomic E-state index is 0.290. The summed E-state index contributed by atoms with van der Waals surface area (Å²) in [6, 6.07) is 26.6. The molecule has 0 aliphatic rings. The van der Waals surface area contributed by atoms with E-state index in [9.17, 15) is 8.42 Å². The van der Waals surface area contributed by atoms with Crippen molar-refractivity contribution in [3.63, 3.8) is 0 Å². The molecule has 0 heterocycles. The smallest absolute Gasteiger partial charge is 0.264 e. The Morgan fingerprint density at radius 3 is 1.93 bits per heavy atom. The maximum Gasteiger partial charge on any atom is 0.264 e. The molecule has 144 valence electrons. The van der Waals surface area contributed by atoms with Crippen LogP contribution in [0.5, 0.6) is 0 Å². The lowest BCUT2D eigenvalue weighted by atomic mass is 10.1. The number of allylic oxidation sites excluding steroid dienone is 1. The highest BCUT2D eigenvalue weighted by molar-refractivity contribution is 14.1. The zero-order valence-corrected chi connectivity index (χ0v) is 18.6. The van der Waals surface area contributed by atoms with Crippen LogP contribution in [-0.4, -0.2) is 12.7 Å². The summed E-state index contributed by atoms with van der Waals surface area (Å²) in [5.74, 6) is 0. The Morgan fingerprint density at radius 1 is 0.857 bits per heavy atom. The van der Waals surface area contributed by atoms with Crippen molar-refractivity contribution in [1.82, 2.24) is 4.31 Å². The first-order chi connectivity index (χ1) is 13.5. The van der Waals surface area contributed by atoms with Crippen molar-refractivity contribution in [2.45, 2.75) is 24.8 Å². The normalized spacial score (nSPS) is 12.0. The van der Waals surface area contributed by atoms with Crippen molar-refractivity contribution in [3.8, 4) is 0 Å². The highest BCUT2D eigenvalue weighted by Crippen LogP contribution is 2.26. The molecule has 0 radical (unpaired) electrons. The number of benzene rings is 3. The van der Waals surface area contributed by atoms with Gasteiger partial charge < -0.3 is 0 Å². The minimum Gasteiger partial charge on any atom is -0.265 e. The summed E-state index contributed by atoms with van der Waals surface area (Å²) in [7, 11) is -3.69. The zero-order valence-electron chi connectivity index (χ0n) is 15.6. The van der Waals surface area contributed by atoms with E-state index in [2.05, 4.69) is 22.6 Å². The molecular weight excluding hydrogens is 481 g/mol. The van der Waals surface area contributed by atoms with Gasteiger partial charge in [0.25, 0.3) is 10.0 Å². The molecule has 0 saturated carbocycles. The summed E-state index contributed by atoms with van der Waals surface area (Å²) in [5, 5.41) is 0. The number of hydrogen-bond acceptors (Lipinski definition) is 2. The fourth-order valence-electron chi connectivity index (χ4n) is 2.91. The average Bonchev–Trinajstić information content (AvgIpc) is 2.72. The largest absolute Gasteiger partial charge is 0.265 e. The van der Waals surface area contributed by atoms with Gasteiger partial charge in [0.2, 0.25) is 0 Å². The van der Waals surface area contributed by atoms with Gasteiger partial charge in [0.05, 0.1) is 11.4 Å². The molecule has 0 spiro atoms. The molecule has 0 amide bonds. The molecule has 0 atom stereocenters. The van der Waals surface area contributed by atoms with Crippen molar-refractivity contribution in [1.29, 1.82) is 0 Å². The van der Waals surface area contributed by atoms with Crippen LogP contribution in [0.3, 0.4) is 0 Å². The molecule has 3 aromatic rings. The first-order valence-corrected chi connectivity index (χ1v) is 11.7. The number of sulfonamides is 1. The summed E-state index contributed by atoms with van der Waals surface area (Å²) in [6.45, 7) is 2.24. The van der Waals surface area contributed by atoms with E-state index in [1.807, 2.05) is 83.8 Å². The number of hydrogen-bond donors (Lipinski definition) is 0. The third-order valence-corrected chi connectivity index (χ3v) is 6.98. The molecule has 3 rings (SSSR count). The maximum absolute atomic E-state index is 13.5. The van der Waals surface area contributed by atoms with Crippen LogP contribution in [0.15, 0.2) is 99.6 Å².